The molecule has 0 N–H and O–H groups in total. The van der Waals surface area contributed by atoms with Crippen LogP contribution in [0.4, 0.5) is 0 Å². The average Bonchev–Trinajstić information content (AvgIpc) is 2.52. The first-order chi connectivity index (χ1) is 7.38. The lowest BCUT2D eigenvalue weighted by molar-refractivity contribution is 0.186. The number of hydrogen-bond acceptors (Lipinski definition) is 1. The van der Waals surface area contributed by atoms with Gasteiger partial charge < -0.3 is 0 Å². The normalized spacial score (nSPS) is 19.4. The van der Waals surface area contributed by atoms with Gasteiger partial charge in [0.2, 0.25) is 0 Å². The minimum atomic E-state index is 0.792. The SMILES string of the molecule is CCCCN(CCCl)C1CCCCCC1. The monoisotopic (exact) mass is 231 g/mol. The lowest BCUT2D eigenvalue weighted by Gasteiger charge is -2.30. The second-order valence-corrected chi connectivity index (χ2v) is 5.10. The molecule has 2 heteroatoms. The van der Waals surface area contributed by atoms with Crippen LogP contribution in [0.25, 0.3) is 0 Å². The summed E-state index contributed by atoms with van der Waals surface area (Å²) in [6.45, 7) is 4.62. The molecule has 0 aliphatic heterocycles. The van der Waals surface area contributed by atoms with Crippen molar-refractivity contribution in [2.75, 3.05) is 19.0 Å². The van der Waals surface area contributed by atoms with Crippen molar-refractivity contribution in [3.63, 3.8) is 0 Å². The average molecular weight is 232 g/mol. The first kappa shape index (κ1) is 13.3. The summed E-state index contributed by atoms with van der Waals surface area (Å²) in [6, 6.07) is 0.831. The Bertz CT molecular complexity index is 141. The Morgan fingerprint density at radius 1 is 1.07 bits per heavy atom. The third-order valence-corrected chi connectivity index (χ3v) is 3.68. The van der Waals surface area contributed by atoms with Crippen LogP contribution in [0.2, 0.25) is 0 Å². The van der Waals surface area contributed by atoms with Crippen molar-refractivity contribution >= 4 is 11.6 Å². The van der Waals surface area contributed by atoms with Crippen LogP contribution in [-0.4, -0.2) is 29.9 Å². The lowest BCUT2D eigenvalue weighted by Crippen LogP contribution is -2.37. The molecule has 1 saturated carbocycles. The van der Waals surface area contributed by atoms with E-state index in [0.29, 0.717) is 0 Å². The summed E-state index contributed by atoms with van der Waals surface area (Å²) in [4.78, 5) is 2.64. The first-order valence-electron chi connectivity index (χ1n) is 6.68. The van der Waals surface area contributed by atoms with Gasteiger partial charge in [-0.2, -0.15) is 0 Å². The first-order valence-corrected chi connectivity index (χ1v) is 7.22. The highest BCUT2D eigenvalue weighted by atomic mass is 35.5. The highest BCUT2D eigenvalue weighted by Gasteiger charge is 2.18. The molecular weight excluding hydrogens is 206 g/mol. The largest absolute Gasteiger partial charge is 0.299 e. The van der Waals surface area contributed by atoms with Crippen LogP contribution in [0.5, 0.6) is 0 Å². The molecule has 0 amide bonds. The zero-order chi connectivity index (χ0) is 10.9. The number of nitrogens with zero attached hydrogens (tertiary/aromatic N) is 1. The molecule has 0 radical (unpaired) electrons. The molecule has 1 nitrogen and oxygen atoms in total. The predicted molar refractivity (Wildman–Crippen MR) is 68.7 cm³/mol. The predicted octanol–water partition coefficient (Wildman–Crippen LogP) is 4.05. The molecule has 0 spiro atoms. The minimum Gasteiger partial charge on any atom is -0.299 e. The van der Waals surface area contributed by atoms with Crippen molar-refractivity contribution in [3.8, 4) is 0 Å². The molecule has 0 aromatic rings. The van der Waals surface area contributed by atoms with Gasteiger partial charge in [-0.3, -0.25) is 4.90 Å². The minimum absolute atomic E-state index is 0.792. The third kappa shape index (κ3) is 5.21. The quantitative estimate of drug-likeness (QED) is 0.493. The summed E-state index contributed by atoms with van der Waals surface area (Å²) in [5.74, 6) is 0.792. The zero-order valence-corrected chi connectivity index (χ0v) is 10.9. The third-order valence-electron chi connectivity index (χ3n) is 3.51. The Morgan fingerprint density at radius 3 is 2.27 bits per heavy atom. The summed E-state index contributed by atoms with van der Waals surface area (Å²) < 4.78 is 0. The number of rotatable bonds is 6. The summed E-state index contributed by atoms with van der Waals surface area (Å²) in [5.41, 5.74) is 0. The Morgan fingerprint density at radius 2 is 1.73 bits per heavy atom. The fraction of sp³-hybridized carbons (Fsp3) is 1.00. The van der Waals surface area contributed by atoms with Crippen LogP contribution >= 0.6 is 11.6 Å². The van der Waals surface area contributed by atoms with Crippen molar-refractivity contribution in [2.45, 2.75) is 64.3 Å². The number of alkyl halides is 1. The van der Waals surface area contributed by atoms with E-state index in [1.165, 1.54) is 57.9 Å². The highest BCUT2D eigenvalue weighted by Crippen LogP contribution is 2.22. The number of hydrogen-bond donors (Lipinski definition) is 0. The van der Waals surface area contributed by atoms with Crippen LogP contribution in [0.1, 0.15) is 58.3 Å². The molecule has 0 aromatic heterocycles. The van der Waals surface area contributed by atoms with Crippen molar-refractivity contribution in [1.29, 1.82) is 0 Å². The summed E-state index contributed by atoms with van der Waals surface area (Å²) in [6.07, 6.45) is 11.2. The molecule has 1 rings (SSSR count). The fourth-order valence-electron chi connectivity index (χ4n) is 2.57. The molecule has 0 saturated heterocycles. The van der Waals surface area contributed by atoms with Gasteiger partial charge in [0.25, 0.3) is 0 Å². The van der Waals surface area contributed by atoms with E-state index in [2.05, 4.69) is 11.8 Å². The Balaban J connectivity index is 2.36. The van der Waals surface area contributed by atoms with Gasteiger partial charge in [0.05, 0.1) is 0 Å². The maximum absolute atomic E-state index is 5.89. The van der Waals surface area contributed by atoms with E-state index >= 15 is 0 Å². The van der Waals surface area contributed by atoms with Crippen molar-refractivity contribution < 1.29 is 0 Å². The summed E-state index contributed by atoms with van der Waals surface area (Å²) in [5, 5.41) is 0. The molecule has 90 valence electrons. The molecule has 15 heavy (non-hydrogen) atoms. The summed E-state index contributed by atoms with van der Waals surface area (Å²) in [7, 11) is 0. The van der Waals surface area contributed by atoms with Crippen molar-refractivity contribution in [3.05, 3.63) is 0 Å². The van der Waals surface area contributed by atoms with Gasteiger partial charge in [0, 0.05) is 18.5 Å². The molecule has 0 aromatic carbocycles. The van der Waals surface area contributed by atoms with Crippen LogP contribution in [0, 0.1) is 0 Å². The van der Waals surface area contributed by atoms with Gasteiger partial charge in [0.1, 0.15) is 0 Å². The smallest absolute Gasteiger partial charge is 0.0351 e. The maximum atomic E-state index is 5.89. The van der Waals surface area contributed by atoms with Gasteiger partial charge >= 0.3 is 0 Å². The maximum Gasteiger partial charge on any atom is 0.0351 e. The van der Waals surface area contributed by atoms with E-state index in [1.807, 2.05) is 0 Å². The Kier molecular flexibility index (Phi) is 7.46. The Labute approximate surface area is 100 Å². The molecule has 0 atom stereocenters. The Hall–Kier alpha value is 0.250. The van der Waals surface area contributed by atoms with E-state index in [9.17, 15) is 0 Å². The fourth-order valence-corrected chi connectivity index (χ4v) is 2.79. The number of unbranched alkanes of at least 4 members (excludes halogenated alkanes) is 1. The van der Waals surface area contributed by atoms with Crippen molar-refractivity contribution in [1.82, 2.24) is 4.90 Å². The molecule has 1 fully saturated rings. The second-order valence-electron chi connectivity index (χ2n) is 4.72. The van der Waals surface area contributed by atoms with Crippen LogP contribution in [0.15, 0.2) is 0 Å². The van der Waals surface area contributed by atoms with E-state index in [-0.39, 0.29) is 0 Å². The van der Waals surface area contributed by atoms with Crippen molar-refractivity contribution in [2.24, 2.45) is 0 Å². The molecular formula is C13H26ClN. The molecule has 1 aliphatic rings. The van der Waals surface area contributed by atoms with Gasteiger partial charge in [0.15, 0.2) is 0 Å². The van der Waals surface area contributed by atoms with E-state index in [4.69, 9.17) is 11.6 Å². The van der Waals surface area contributed by atoms with E-state index in [1.54, 1.807) is 0 Å². The van der Waals surface area contributed by atoms with E-state index in [0.717, 1.165) is 18.5 Å². The zero-order valence-electron chi connectivity index (χ0n) is 10.2. The lowest BCUT2D eigenvalue weighted by atomic mass is 10.1. The standard InChI is InChI=1S/C13H26ClN/c1-2-3-11-15(12-10-14)13-8-6-4-5-7-9-13/h13H,2-12H2,1H3. The number of halogens is 1. The van der Waals surface area contributed by atoms with Crippen LogP contribution < -0.4 is 0 Å². The highest BCUT2D eigenvalue weighted by molar-refractivity contribution is 6.18. The summed E-state index contributed by atoms with van der Waals surface area (Å²) >= 11 is 5.89. The topological polar surface area (TPSA) is 3.24 Å². The second kappa shape index (κ2) is 8.41. The van der Waals surface area contributed by atoms with Crippen LogP contribution in [-0.2, 0) is 0 Å². The molecule has 1 aliphatic carbocycles. The van der Waals surface area contributed by atoms with Crippen LogP contribution in [0.3, 0.4) is 0 Å². The molecule has 0 unspecified atom stereocenters. The van der Waals surface area contributed by atoms with Gasteiger partial charge in [-0.1, -0.05) is 39.0 Å². The van der Waals surface area contributed by atoms with Gasteiger partial charge in [-0.25, -0.2) is 0 Å². The van der Waals surface area contributed by atoms with E-state index < -0.39 is 0 Å². The van der Waals surface area contributed by atoms with Gasteiger partial charge in [-0.15, -0.1) is 11.6 Å². The molecule has 0 heterocycles. The van der Waals surface area contributed by atoms with Gasteiger partial charge in [-0.05, 0) is 25.8 Å². The molecule has 0 bridgehead atoms.